The van der Waals surface area contributed by atoms with Crippen molar-refractivity contribution >= 4 is 17.5 Å². The van der Waals surface area contributed by atoms with E-state index in [2.05, 4.69) is 27.8 Å². The molecule has 0 bridgehead atoms. The van der Waals surface area contributed by atoms with Gasteiger partial charge >= 0.3 is 0 Å². The number of hydrogen-bond acceptors (Lipinski definition) is 4. The minimum absolute atomic E-state index is 0.0472. The number of carbonyl (C=O) groups is 2. The standard InChI is InChI=1S/C26H29N3O3/c1-18-23(29-24(32-18)21-13-7-8-14-22(21)28-19(2)30)17-27-25(31)26(15-9-4-10-16-26)20-11-5-3-6-12-20/h3,5-8,11-14H,4,9-10,15-17H2,1-2H3,(H,27,31)(H,28,30). The number of amides is 2. The molecule has 0 aliphatic heterocycles. The van der Waals surface area contributed by atoms with Crippen LogP contribution in [-0.2, 0) is 21.5 Å². The number of oxazole rings is 1. The van der Waals surface area contributed by atoms with Crippen LogP contribution in [0, 0.1) is 6.92 Å². The number of rotatable bonds is 6. The molecule has 4 rings (SSSR count). The Morgan fingerprint density at radius 2 is 1.69 bits per heavy atom. The Morgan fingerprint density at radius 1 is 1.00 bits per heavy atom. The molecule has 0 atom stereocenters. The van der Waals surface area contributed by atoms with Gasteiger partial charge in [0.25, 0.3) is 0 Å². The molecular formula is C26H29N3O3. The van der Waals surface area contributed by atoms with Gasteiger partial charge in [0, 0.05) is 6.92 Å². The molecule has 2 N–H and O–H groups in total. The lowest BCUT2D eigenvalue weighted by molar-refractivity contribution is -0.128. The summed E-state index contributed by atoms with van der Waals surface area (Å²) in [6.07, 6.45) is 4.98. The van der Waals surface area contributed by atoms with Crippen LogP contribution in [0.4, 0.5) is 5.69 Å². The zero-order chi connectivity index (χ0) is 22.6. The van der Waals surface area contributed by atoms with E-state index in [0.717, 1.165) is 31.2 Å². The van der Waals surface area contributed by atoms with Crippen molar-refractivity contribution in [2.45, 2.75) is 57.9 Å². The van der Waals surface area contributed by atoms with Gasteiger partial charge in [-0.2, -0.15) is 0 Å². The van der Waals surface area contributed by atoms with Crippen molar-refractivity contribution in [3.8, 4) is 11.5 Å². The van der Waals surface area contributed by atoms with Crippen LogP contribution in [0.3, 0.4) is 0 Å². The number of anilines is 1. The maximum Gasteiger partial charge on any atom is 0.230 e. The largest absolute Gasteiger partial charge is 0.441 e. The van der Waals surface area contributed by atoms with E-state index in [1.165, 1.54) is 13.3 Å². The summed E-state index contributed by atoms with van der Waals surface area (Å²) in [6, 6.07) is 17.5. The van der Waals surface area contributed by atoms with Gasteiger partial charge in [0.1, 0.15) is 11.5 Å². The first-order valence-electron chi connectivity index (χ1n) is 11.2. The first kappa shape index (κ1) is 21.8. The molecule has 2 amide bonds. The molecule has 6 heteroatoms. The molecule has 6 nitrogen and oxygen atoms in total. The summed E-state index contributed by atoms with van der Waals surface area (Å²) in [5, 5.41) is 5.94. The molecule has 1 aliphatic rings. The minimum Gasteiger partial charge on any atom is -0.441 e. The number of aromatic nitrogens is 1. The van der Waals surface area contributed by atoms with Crippen molar-refractivity contribution in [1.29, 1.82) is 0 Å². The van der Waals surface area contributed by atoms with E-state index in [9.17, 15) is 9.59 Å². The normalized spacial score (nSPS) is 15.2. The molecule has 32 heavy (non-hydrogen) atoms. The van der Waals surface area contributed by atoms with Gasteiger partial charge in [-0.15, -0.1) is 0 Å². The highest BCUT2D eigenvalue weighted by atomic mass is 16.4. The fourth-order valence-corrected chi connectivity index (χ4v) is 4.57. The minimum atomic E-state index is -0.488. The number of nitrogens with one attached hydrogen (secondary N) is 2. The predicted molar refractivity (Wildman–Crippen MR) is 124 cm³/mol. The summed E-state index contributed by atoms with van der Waals surface area (Å²) in [5.41, 5.74) is 2.63. The Kier molecular flexibility index (Phi) is 6.40. The molecule has 1 aliphatic carbocycles. The van der Waals surface area contributed by atoms with E-state index < -0.39 is 5.41 Å². The maximum absolute atomic E-state index is 13.4. The first-order chi connectivity index (χ1) is 15.5. The van der Waals surface area contributed by atoms with Crippen LogP contribution < -0.4 is 10.6 Å². The molecule has 166 valence electrons. The van der Waals surface area contributed by atoms with Crippen LogP contribution in [-0.4, -0.2) is 16.8 Å². The van der Waals surface area contributed by atoms with Gasteiger partial charge in [0.15, 0.2) is 0 Å². The zero-order valence-electron chi connectivity index (χ0n) is 18.6. The topological polar surface area (TPSA) is 84.2 Å². The van der Waals surface area contributed by atoms with Gasteiger partial charge in [-0.1, -0.05) is 61.7 Å². The van der Waals surface area contributed by atoms with Crippen molar-refractivity contribution in [1.82, 2.24) is 10.3 Å². The number of aryl methyl sites for hydroxylation is 1. The van der Waals surface area contributed by atoms with Crippen molar-refractivity contribution in [3.05, 3.63) is 71.6 Å². The van der Waals surface area contributed by atoms with Crippen molar-refractivity contribution in [2.75, 3.05) is 5.32 Å². The fourth-order valence-electron chi connectivity index (χ4n) is 4.57. The molecule has 1 saturated carbocycles. The van der Waals surface area contributed by atoms with Gasteiger partial charge in [-0.25, -0.2) is 4.98 Å². The molecule has 3 aromatic rings. The maximum atomic E-state index is 13.4. The van der Waals surface area contributed by atoms with Crippen LogP contribution >= 0.6 is 0 Å². The first-order valence-corrected chi connectivity index (χ1v) is 11.2. The smallest absolute Gasteiger partial charge is 0.230 e. The molecular weight excluding hydrogens is 402 g/mol. The second-order valence-electron chi connectivity index (χ2n) is 8.44. The van der Waals surface area contributed by atoms with Crippen molar-refractivity contribution in [2.24, 2.45) is 0 Å². The summed E-state index contributed by atoms with van der Waals surface area (Å²) in [6.45, 7) is 3.60. The third kappa shape index (κ3) is 4.44. The predicted octanol–water partition coefficient (Wildman–Crippen LogP) is 5.13. The van der Waals surface area contributed by atoms with Gasteiger partial charge in [0.05, 0.1) is 23.2 Å². The van der Waals surface area contributed by atoms with Gasteiger partial charge in [0.2, 0.25) is 17.7 Å². The molecule has 0 radical (unpaired) electrons. The third-order valence-electron chi connectivity index (χ3n) is 6.25. The fraction of sp³-hybridized carbons (Fsp3) is 0.346. The summed E-state index contributed by atoms with van der Waals surface area (Å²) in [5.74, 6) is 0.958. The Labute approximate surface area is 188 Å². The monoisotopic (exact) mass is 431 g/mol. The SMILES string of the molecule is CC(=O)Nc1ccccc1-c1nc(CNC(=O)C2(c3ccccc3)CCCCC2)c(C)o1. The average molecular weight is 432 g/mol. The third-order valence-corrected chi connectivity index (χ3v) is 6.25. The van der Waals surface area contributed by atoms with Crippen molar-refractivity contribution < 1.29 is 14.0 Å². The molecule has 1 heterocycles. The summed E-state index contributed by atoms with van der Waals surface area (Å²) < 4.78 is 5.90. The molecule has 0 saturated heterocycles. The highest BCUT2D eigenvalue weighted by Crippen LogP contribution is 2.40. The number of benzene rings is 2. The Morgan fingerprint density at radius 3 is 2.41 bits per heavy atom. The molecule has 2 aromatic carbocycles. The van der Waals surface area contributed by atoms with E-state index in [1.54, 1.807) is 0 Å². The summed E-state index contributed by atoms with van der Waals surface area (Å²) >= 11 is 0. The van der Waals surface area contributed by atoms with Crippen LogP contribution in [0.1, 0.15) is 56.0 Å². The second-order valence-corrected chi connectivity index (χ2v) is 8.44. The van der Waals surface area contributed by atoms with Crippen LogP contribution in [0.5, 0.6) is 0 Å². The lowest BCUT2D eigenvalue weighted by atomic mass is 9.68. The van der Waals surface area contributed by atoms with Crippen LogP contribution in [0.2, 0.25) is 0 Å². The Balaban J connectivity index is 1.54. The van der Waals surface area contributed by atoms with Gasteiger partial charge in [-0.05, 0) is 37.5 Å². The lowest BCUT2D eigenvalue weighted by Gasteiger charge is -2.36. The quantitative estimate of drug-likeness (QED) is 0.567. The molecule has 0 unspecified atom stereocenters. The van der Waals surface area contributed by atoms with E-state index in [1.807, 2.05) is 49.4 Å². The lowest BCUT2D eigenvalue weighted by Crippen LogP contribution is -2.45. The summed E-state index contributed by atoms with van der Waals surface area (Å²) in [4.78, 5) is 29.6. The average Bonchev–Trinajstić information content (AvgIpc) is 3.18. The van der Waals surface area contributed by atoms with Crippen LogP contribution in [0.25, 0.3) is 11.5 Å². The summed E-state index contributed by atoms with van der Waals surface area (Å²) in [7, 11) is 0. The number of hydrogen-bond donors (Lipinski definition) is 2. The van der Waals surface area contributed by atoms with E-state index in [0.29, 0.717) is 35.1 Å². The van der Waals surface area contributed by atoms with Crippen molar-refractivity contribution in [3.63, 3.8) is 0 Å². The second kappa shape index (κ2) is 9.39. The van der Waals surface area contributed by atoms with Gasteiger partial charge < -0.3 is 15.1 Å². The highest BCUT2D eigenvalue weighted by molar-refractivity contribution is 5.93. The molecule has 1 aromatic heterocycles. The zero-order valence-corrected chi connectivity index (χ0v) is 18.6. The highest BCUT2D eigenvalue weighted by Gasteiger charge is 2.40. The van der Waals surface area contributed by atoms with Crippen LogP contribution in [0.15, 0.2) is 59.0 Å². The number of carbonyl (C=O) groups excluding carboxylic acids is 2. The van der Waals surface area contributed by atoms with E-state index in [4.69, 9.17) is 4.42 Å². The number of para-hydroxylation sites is 1. The Bertz CT molecular complexity index is 1100. The number of nitrogens with zero attached hydrogens (tertiary/aromatic N) is 1. The molecule has 0 spiro atoms. The Hall–Kier alpha value is -3.41. The molecule has 1 fully saturated rings. The van der Waals surface area contributed by atoms with E-state index in [-0.39, 0.29) is 11.8 Å². The van der Waals surface area contributed by atoms with E-state index >= 15 is 0 Å². The van der Waals surface area contributed by atoms with Gasteiger partial charge in [-0.3, -0.25) is 9.59 Å².